The maximum Gasteiger partial charge on any atom is 0.307 e. The van der Waals surface area contributed by atoms with Crippen LogP contribution in [0, 0.1) is 59.2 Å². The molecule has 2 atom stereocenters. The molecule has 0 amide bonds. The van der Waals surface area contributed by atoms with Crippen molar-refractivity contribution in [1.82, 2.24) is 0 Å². The summed E-state index contributed by atoms with van der Waals surface area (Å²) in [6.07, 6.45) is 127. The number of aliphatic carboxylic acids is 4. The molecule has 0 heterocycles. The second-order valence-electron chi connectivity index (χ2n) is 41.3. The van der Waals surface area contributed by atoms with E-state index >= 15 is 0 Å². The van der Waals surface area contributed by atoms with Crippen molar-refractivity contribution in [2.75, 3.05) is 26.2 Å². The van der Waals surface area contributed by atoms with Gasteiger partial charge in [-0.1, -0.05) is 567 Å². The molecule has 0 saturated heterocycles. The van der Waals surface area contributed by atoms with Crippen LogP contribution in [-0.2, 0) is 19.2 Å². The van der Waals surface area contributed by atoms with Crippen LogP contribution in [0.25, 0.3) is 0 Å². The summed E-state index contributed by atoms with van der Waals surface area (Å²) in [7, 11) is 0. The molecule has 0 aromatic heterocycles. The Kier molecular flexibility index (Phi) is 95.0. The van der Waals surface area contributed by atoms with Gasteiger partial charge in [0.15, 0.2) is 0 Å². The normalized spacial score (nSPS) is 19.4. The molecule has 4 fully saturated rings. The molecule has 4 rings (SSSR count). The van der Waals surface area contributed by atoms with Gasteiger partial charge in [0.25, 0.3) is 0 Å². The molecule has 4 aliphatic carbocycles. The molecule has 124 heavy (non-hydrogen) atoms. The third-order valence-electron chi connectivity index (χ3n) is 29.9. The molecule has 12 heteroatoms. The summed E-state index contributed by atoms with van der Waals surface area (Å²) in [6.45, 7) is 12.7. The van der Waals surface area contributed by atoms with E-state index in [0.29, 0.717) is 0 Å². The predicted octanol–water partition coefficient (Wildman–Crippen LogP) is 34.5. The number of hydrogen-bond acceptors (Lipinski definition) is 8. The van der Waals surface area contributed by atoms with E-state index in [1.165, 1.54) is 462 Å². The van der Waals surface area contributed by atoms with Gasteiger partial charge in [-0.15, -0.1) is 0 Å². The lowest BCUT2D eigenvalue weighted by Crippen LogP contribution is -2.33. The van der Waals surface area contributed by atoms with Crippen LogP contribution in [-0.4, -0.2) is 70.5 Å². The highest BCUT2D eigenvalue weighted by atomic mass is 16.4. The first-order valence-electron chi connectivity index (χ1n) is 56.4. The largest absolute Gasteiger partial charge is 0.481 e. The van der Waals surface area contributed by atoms with Crippen molar-refractivity contribution in [2.45, 2.75) is 606 Å². The molecule has 0 aromatic carbocycles. The summed E-state index contributed by atoms with van der Waals surface area (Å²) in [6, 6.07) is 0. The molecular formula is C112H222N4O8. The van der Waals surface area contributed by atoms with Gasteiger partial charge < -0.3 is 43.4 Å². The van der Waals surface area contributed by atoms with Gasteiger partial charge in [0, 0.05) is 0 Å². The second kappa shape index (κ2) is 96.8. The Balaban J connectivity index is 0.00000154. The van der Waals surface area contributed by atoms with Gasteiger partial charge in [-0.3, -0.25) is 19.2 Å². The summed E-state index contributed by atoms with van der Waals surface area (Å²) >= 11 is 0. The molecule has 12 nitrogen and oxygen atoms in total. The fourth-order valence-electron chi connectivity index (χ4n) is 21.2. The van der Waals surface area contributed by atoms with Crippen molar-refractivity contribution >= 4 is 23.9 Å². The molecule has 2 unspecified atom stereocenters. The van der Waals surface area contributed by atoms with Crippen molar-refractivity contribution < 1.29 is 39.6 Å². The number of hydrogen-bond donors (Lipinski definition) is 8. The zero-order valence-corrected chi connectivity index (χ0v) is 84.0. The molecule has 4 saturated carbocycles. The Hall–Kier alpha value is -2.28. The standard InChI is InChI=1S/4C26H53N.C8H10O8/c4*1-2-3-4-5-6-9-12-15-18-25-20-22-26(23-21-25)19-16-13-10-7-8-11-14-17-24-27;9-5(10)1-3(7(13)14)4(8(15)16)2-6(11)12/h4*25-26H,2-24,27H2,1H3;3-4H,1-2H2,(H,9,10)(H,11,12)(H,13,14)(H,15,16). The number of carboxylic acids is 4. The minimum absolute atomic E-state index is 0.876. The summed E-state index contributed by atoms with van der Waals surface area (Å²) in [5, 5.41) is 34.1. The highest BCUT2D eigenvalue weighted by Gasteiger charge is 2.37. The number of rotatable bonds is 83. The van der Waals surface area contributed by atoms with Crippen LogP contribution in [0.1, 0.15) is 606 Å². The first-order valence-corrected chi connectivity index (χ1v) is 56.4. The zero-order valence-electron chi connectivity index (χ0n) is 84.0. The molecular weight excluding hydrogens is 1530 g/mol. The Morgan fingerprint density at radius 2 is 0.290 bits per heavy atom. The van der Waals surface area contributed by atoms with Gasteiger partial charge in [-0.05, 0) is 99.2 Å². The number of nitrogens with two attached hydrogens (primary N) is 4. The lowest BCUT2D eigenvalue weighted by molar-refractivity contribution is -0.160. The fraction of sp³-hybridized carbons (Fsp3) is 0.964. The van der Waals surface area contributed by atoms with Gasteiger partial charge in [-0.25, -0.2) is 0 Å². The monoisotopic (exact) mass is 1750 g/mol. The van der Waals surface area contributed by atoms with Gasteiger partial charge in [0.05, 0.1) is 24.7 Å². The number of carbonyl (C=O) groups is 4. The van der Waals surface area contributed by atoms with E-state index in [-0.39, 0.29) is 0 Å². The Labute approximate surface area is 772 Å². The van der Waals surface area contributed by atoms with Gasteiger partial charge in [0.2, 0.25) is 0 Å². The van der Waals surface area contributed by atoms with Crippen LogP contribution in [0.4, 0.5) is 0 Å². The zero-order chi connectivity index (χ0) is 90.6. The van der Waals surface area contributed by atoms with Crippen molar-refractivity contribution in [2.24, 2.45) is 82.1 Å². The average molecular weight is 1750 g/mol. The third-order valence-corrected chi connectivity index (χ3v) is 29.9. The first kappa shape index (κ1) is 122. The number of unbranched alkanes of at least 4 members (excludes halogenated alkanes) is 56. The highest BCUT2D eigenvalue weighted by molar-refractivity contribution is 5.86. The van der Waals surface area contributed by atoms with E-state index in [0.717, 1.165) is 73.5 Å². The van der Waals surface area contributed by atoms with Crippen molar-refractivity contribution in [3.8, 4) is 0 Å². The predicted molar refractivity (Wildman–Crippen MR) is 540 cm³/mol. The first-order chi connectivity index (χ1) is 60.7. The lowest BCUT2D eigenvalue weighted by atomic mass is 9.78. The van der Waals surface area contributed by atoms with Crippen LogP contribution in [0.15, 0.2) is 0 Å². The molecule has 12 N–H and O–H groups in total. The van der Waals surface area contributed by atoms with Gasteiger partial charge >= 0.3 is 23.9 Å². The molecule has 738 valence electrons. The molecule has 0 aliphatic heterocycles. The SMILES string of the molecule is CCCCCCCCCCC1CCC(CCCCCCCCCCN)CC1.CCCCCCCCCCC1CCC(CCCCCCCCCCN)CC1.CCCCCCCCCCC1CCC(CCCCCCCCCCN)CC1.CCCCCCCCCCC1CCC(CCCCCCCCCCN)CC1.O=C(O)CC(C(=O)O)C(CC(=O)O)C(=O)O. The summed E-state index contributed by atoms with van der Waals surface area (Å²) in [5.41, 5.74) is 22.2. The van der Waals surface area contributed by atoms with Crippen molar-refractivity contribution in [3.05, 3.63) is 0 Å². The Morgan fingerprint density at radius 3 is 0.387 bits per heavy atom. The van der Waals surface area contributed by atoms with Crippen LogP contribution in [0.5, 0.6) is 0 Å². The van der Waals surface area contributed by atoms with Gasteiger partial charge in [-0.2, -0.15) is 0 Å². The summed E-state index contributed by atoms with van der Waals surface area (Å²) < 4.78 is 0. The molecule has 0 spiro atoms. The Morgan fingerprint density at radius 1 is 0.185 bits per heavy atom. The lowest BCUT2D eigenvalue weighted by Gasteiger charge is -2.28. The maximum absolute atomic E-state index is 10.6. The fourth-order valence-corrected chi connectivity index (χ4v) is 21.2. The van der Waals surface area contributed by atoms with Crippen LogP contribution in [0.3, 0.4) is 0 Å². The van der Waals surface area contributed by atoms with E-state index in [2.05, 4.69) is 27.7 Å². The van der Waals surface area contributed by atoms with Crippen LogP contribution >= 0.6 is 0 Å². The minimum Gasteiger partial charge on any atom is -0.481 e. The van der Waals surface area contributed by atoms with Crippen LogP contribution in [0.2, 0.25) is 0 Å². The molecule has 0 aromatic rings. The van der Waals surface area contributed by atoms with E-state index in [1.807, 2.05) is 0 Å². The van der Waals surface area contributed by atoms with Crippen LogP contribution < -0.4 is 22.9 Å². The molecule has 0 bridgehead atoms. The highest BCUT2D eigenvalue weighted by Crippen LogP contribution is 2.39. The molecule has 0 radical (unpaired) electrons. The number of carboxylic acid groups (broad SMARTS) is 4. The smallest absolute Gasteiger partial charge is 0.307 e. The topological polar surface area (TPSA) is 253 Å². The average Bonchev–Trinajstić information content (AvgIpc) is 0.859. The van der Waals surface area contributed by atoms with Gasteiger partial charge in [0.1, 0.15) is 0 Å². The van der Waals surface area contributed by atoms with Crippen molar-refractivity contribution in [1.29, 1.82) is 0 Å². The van der Waals surface area contributed by atoms with E-state index in [1.54, 1.807) is 103 Å². The maximum atomic E-state index is 10.6. The summed E-state index contributed by atoms with van der Waals surface area (Å²) in [5.74, 6) is -1.19. The van der Waals surface area contributed by atoms with E-state index in [9.17, 15) is 19.2 Å². The van der Waals surface area contributed by atoms with E-state index < -0.39 is 48.6 Å². The van der Waals surface area contributed by atoms with Crippen molar-refractivity contribution in [3.63, 3.8) is 0 Å². The summed E-state index contributed by atoms with van der Waals surface area (Å²) in [4.78, 5) is 41.9. The Bertz CT molecular complexity index is 1890. The molecule has 4 aliphatic rings. The minimum atomic E-state index is -1.76. The van der Waals surface area contributed by atoms with E-state index in [4.69, 9.17) is 43.4 Å². The second-order valence-corrected chi connectivity index (χ2v) is 41.3. The third kappa shape index (κ3) is 84.0. The quantitative estimate of drug-likeness (QED) is 0.0265.